The van der Waals surface area contributed by atoms with Gasteiger partial charge in [0.1, 0.15) is 11.9 Å². The van der Waals surface area contributed by atoms with E-state index in [0.717, 1.165) is 0 Å². The number of oxazole rings is 1. The predicted molar refractivity (Wildman–Crippen MR) is 75.7 cm³/mol. The van der Waals surface area contributed by atoms with E-state index in [1.165, 1.54) is 0 Å². The topological polar surface area (TPSA) is 91.4 Å². The summed E-state index contributed by atoms with van der Waals surface area (Å²) in [5, 5.41) is 6.94. The molecule has 2 atom stereocenters. The van der Waals surface area contributed by atoms with Gasteiger partial charge in [-0.3, -0.25) is 9.48 Å². The van der Waals surface area contributed by atoms with E-state index in [0.29, 0.717) is 36.3 Å². The maximum Gasteiger partial charge on any atom is 0.273 e. The minimum absolute atomic E-state index is 0.246. The van der Waals surface area contributed by atoms with E-state index in [4.69, 9.17) is 13.9 Å². The van der Waals surface area contributed by atoms with Crippen molar-refractivity contribution in [1.29, 1.82) is 0 Å². The molecule has 0 unspecified atom stereocenters. The second-order valence-electron chi connectivity index (χ2n) is 5.26. The average molecular weight is 306 g/mol. The first kappa shape index (κ1) is 14.6. The number of hydrogen-bond donors (Lipinski definition) is 1. The van der Waals surface area contributed by atoms with Crippen molar-refractivity contribution in [3.8, 4) is 5.75 Å². The molecular weight excluding hydrogens is 288 g/mol. The van der Waals surface area contributed by atoms with E-state index < -0.39 is 0 Å². The smallest absolute Gasteiger partial charge is 0.273 e. The first-order valence-electron chi connectivity index (χ1n) is 7.01. The third kappa shape index (κ3) is 2.96. The van der Waals surface area contributed by atoms with Crippen LogP contribution in [0.1, 0.15) is 22.1 Å². The van der Waals surface area contributed by atoms with E-state index in [1.54, 1.807) is 30.9 Å². The lowest BCUT2D eigenvalue weighted by Crippen LogP contribution is -2.45. The molecule has 8 nitrogen and oxygen atoms in total. The maximum absolute atomic E-state index is 12.3. The number of carbonyl (C=O) groups excluding carboxylic acids is 1. The van der Waals surface area contributed by atoms with Gasteiger partial charge in [-0.15, -0.1) is 0 Å². The Morgan fingerprint density at radius 1 is 1.45 bits per heavy atom. The van der Waals surface area contributed by atoms with E-state index in [2.05, 4.69) is 15.4 Å². The van der Waals surface area contributed by atoms with Gasteiger partial charge in [-0.25, -0.2) is 4.98 Å². The Kier molecular flexibility index (Phi) is 3.84. The summed E-state index contributed by atoms with van der Waals surface area (Å²) in [5.41, 5.74) is 0.296. The van der Waals surface area contributed by atoms with Crippen molar-refractivity contribution in [1.82, 2.24) is 20.1 Å². The highest BCUT2D eigenvalue weighted by molar-refractivity contribution is 5.93. The summed E-state index contributed by atoms with van der Waals surface area (Å²) >= 11 is 0. The molecule has 0 bridgehead atoms. The number of nitrogens with zero attached hydrogens (tertiary/aromatic N) is 3. The van der Waals surface area contributed by atoms with Gasteiger partial charge in [0.05, 0.1) is 31.6 Å². The number of amides is 1. The van der Waals surface area contributed by atoms with Gasteiger partial charge in [0.15, 0.2) is 17.3 Å². The Balaban J connectivity index is 1.66. The van der Waals surface area contributed by atoms with Crippen LogP contribution in [0.15, 0.2) is 16.8 Å². The summed E-state index contributed by atoms with van der Waals surface area (Å²) in [6, 6.07) is -0.246. The van der Waals surface area contributed by atoms with Gasteiger partial charge in [-0.2, -0.15) is 5.10 Å². The molecule has 0 spiro atoms. The summed E-state index contributed by atoms with van der Waals surface area (Å²) < 4.78 is 18.2. The minimum Gasteiger partial charge on any atom is -0.482 e. The lowest BCUT2D eigenvalue weighted by atomic mass is 10.2. The highest BCUT2D eigenvalue weighted by Crippen LogP contribution is 2.17. The molecule has 1 N–H and O–H groups in total. The zero-order chi connectivity index (χ0) is 15.7. The Morgan fingerprint density at radius 3 is 2.91 bits per heavy atom. The molecule has 1 fully saturated rings. The molecular formula is C14H18N4O4. The van der Waals surface area contributed by atoms with Gasteiger partial charge in [0.25, 0.3) is 5.91 Å². The molecule has 2 aromatic heterocycles. The summed E-state index contributed by atoms with van der Waals surface area (Å²) in [7, 11) is 1.81. The third-order valence-electron chi connectivity index (χ3n) is 3.43. The molecule has 1 aliphatic rings. The van der Waals surface area contributed by atoms with Crippen LogP contribution < -0.4 is 10.1 Å². The standard InChI is InChI=1S/C14H18N4O4/c1-8-13(16-9(2)21-8)14(19)17-11-6-20-7-12(11)22-10-4-15-18(3)5-10/h4-5,11-12H,6-7H2,1-3H3,(H,17,19)/t11-,12+/m0/s1. The number of aryl methyl sites for hydroxylation is 3. The van der Waals surface area contributed by atoms with E-state index in [-0.39, 0.29) is 18.1 Å². The summed E-state index contributed by atoms with van der Waals surface area (Å²) in [6.45, 7) is 4.23. The quantitative estimate of drug-likeness (QED) is 0.889. The Bertz CT molecular complexity index is 678. The Morgan fingerprint density at radius 2 is 2.27 bits per heavy atom. The number of carbonyl (C=O) groups is 1. The van der Waals surface area contributed by atoms with Crippen molar-refractivity contribution in [3.05, 3.63) is 29.7 Å². The fourth-order valence-corrected chi connectivity index (χ4v) is 2.40. The highest BCUT2D eigenvalue weighted by Gasteiger charge is 2.33. The molecule has 1 amide bonds. The molecule has 0 radical (unpaired) electrons. The van der Waals surface area contributed by atoms with Crippen molar-refractivity contribution < 1.29 is 18.7 Å². The zero-order valence-electron chi connectivity index (χ0n) is 12.7. The Labute approximate surface area is 127 Å². The lowest BCUT2D eigenvalue weighted by Gasteiger charge is -2.19. The van der Waals surface area contributed by atoms with Gasteiger partial charge in [0, 0.05) is 14.0 Å². The number of nitrogens with one attached hydrogen (secondary N) is 1. The molecule has 3 heterocycles. The van der Waals surface area contributed by atoms with Crippen molar-refractivity contribution >= 4 is 5.91 Å². The van der Waals surface area contributed by atoms with Crippen molar-refractivity contribution in [3.63, 3.8) is 0 Å². The second kappa shape index (κ2) is 5.80. The van der Waals surface area contributed by atoms with Crippen molar-refractivity contribution in [2.45, 2.75) is 26.0 Å². The van der Waals surface area contributed by atoms with Gasteiger partial charge in [-0.05, 0) is 6.92 Å². The molecule has 8 heteroatoms. The van der Waals surface area contributed by atoms with Crippen molar-refractivity contribution in [2.75, 3.05) is 13.2 Å². The van der Waals surface area contributed by atoms with Crippen LogP contribution in [0.4, 0.5) is 0 Å². The van der Waals surface area contributed by atoms with Gasteiger partial charge >= 0.3 is 0 Å². The summed E-state index contributed by atoms with van der Waals surface area (Å²) in [6.07, 6.45) is 3.13. The van der Waals surface area contributed by atoms with Crippen LogP contribution in [0.3, 0.4) is 0 Å². The number of rotatable bonds is 4. The number of ether oxygens (including phenoxy) is 2. The van der Waals surface area contributed by atoms with E-state index >= 15 is 0 Å². The maximum atomic E-state index is 12.3. The molecule has 3 rings (SSSR count). The monoisotopic (exact) mass is 306 g/mol. The molecule has 22 heavy (non-hydrogen) atoms. The molecule has 1 aliphatic heterocycles. The number of hydrogen-bond acceptors (Lipinski definition) is 6. The predicted octanol–water partition coefficient (Wildman–Crippen LogP) is 0.601. The van der Waals surface area contributed by atoms with Gasteiger partial charge < -0.3 is 19.2 Å². The second-order valence-corrected chi connectivity index (χ2v) is 5.26. The summed E-state index contributed by atoms with van der Waals surface area (Å²) in [4.78, 5) is 16.4. The first-order valence-corrected chi connectivity index (χ1v) is 7.01. The zero-order valence-corrected chi connectivity index (χ0v) is 12.7. The van der Waals surface area contributed by atoms with E-state index in [1.807, 2.05) is 7.05 Å². The van der Waals surface area contributed by atoms with Gasteiger partial charge in [-0.1, -0.05) is 0 Å². The van der Waals surface area contributed by atoms with E-state index in [9.17, 15) is 4.79 Å². The molecule has 0 aliphatic carbocycles. The highest BCUT2D eigenvalue weighted by atomic mass is 16.5. The normalized spacial score (nSPS) is 21.0. The van der Waals surface area contributed by atoms with Crippen molar-refractivity contribution in [2.24, 2.45) is 7.05 Å². The van der Waals surface area contributed by atoms with Crippen LogP contribution in [0.5, 0.6) is 5.75 Å². The van der Waals surface area contributed by atoms with Crippen LogP contribution >= 0.6 is 0 Å². The van der Waals surface area contributed by atoms with Crippen LogP contribution in [0.2, 0.25) is 0 Å². The lowest BCUT2D eigenvalue weighted by molar-refractivity contribution is 0.0898. The molecule has 118 valence electrons. The molecule has 0 aromatic carbocycles. The first-order chi connectivity index (χ1) is 10.5. The average Bonchev–Trinajstić information content (AvgIpc) is 3.13. The molecule has 0 saturated carbocycles. The summed E-state index contributed by atoms with van der Waals surface area (Å²) in [5.74, 6) is 1.32. The van der Waals surface area contributed by atoms with Crippen LogP contribution in [-0.2, 0) is 11.8 Å². The van der Waals surface area contributed by atoms with Crippen LogP contribution in [0.25, 0.3) is 0 Å². The fraction of sp³-hybridized carbons (Fsp3) is 0.500. The molecule has 2 aromatic rings. The number of aromatic nitrogens is 3. The third-order valence-corrected chi connectivity index (χ3v) is 3.43. The van der Waals surface area contributed by atoms with Crippen LogP contribution in [0, 0.1) is 13.8 Å². The minimum atomic E-state index is -0.287. The van der Waals surface area contributed by atoms with Crippen LogP contribution in [-0.4, -0.2) is 46.0 Å². The van der Waals surface area contributed by atoms with Gasteiger partial charge in [0.2, 0.25) is 0 Å². The largest absolute Gasteiger partial charge is 0.482 e. The Hall–Kier alpha value is -2.35. The molecule has 1 saturated heterocycles. The SMILES string of the molecule is Cc1nc(C(=O)N[C@H]2COC[C@H]2Oc2cnn(C)c2)c(C)o1. The fourth-order valence-electron chi connectivity index (χ4n) is 2.40.